The van der Waals surface area contributed by atoms with Crippen molar-refractivity contribution in [1.29, 1.82) is 0 Å². The summed E-state index contributed by atoms with van der Waals surface area (Å²) in [5.41, 5.74) is 2.32. The van der Waals surface area contributed by atoms with Crippen LogP contribution in [-0.2, 0) is 9.53 Å². The molecule has 3 aromatic rings. The van der Waals surface area contributed by atoms with E-state index in [-0.39, 0.29) is 5.11 Å². The minimum absolute atomic E-state index is 0.151. The number of carbonyl (C=O) groups excluding carboxylic acids is 1. The van der Waals surface area contributed by atoms with Crippen LogP contribution >= 0.6 is 47.0 Å². The number of halogens is 3. The fraction of sp³-hybridized carbons (Fsp3) is 0.167. The van der Waals surface area contributed by atoms with Gasteiger partial charge < -0.3 is 19.4 Å². The van der Waals surface area contributed by atoms with Gasteiger partial charge in [0, 0.05) is 35.4 Å². The summed E-state index contributed by atoms with van der Waals surface area (Å²) in [6.45, 7) is 2.93. The molecule has 1 aromatic heterocycles. The van der Waals surface area contributed by atoms with Gasteiger partial charge in [-0.15, -0.1) is 0 Å². The summed E-state index contributed by atoms with van der Waals surface area (Å²) in [4.78, 5) is 14.4. The van der Waals surface area contributed by atoms with E-state index in [9.17, 15) is 4.79 Å². The molecule has 1 aliphatic heterocycles. The van der Waals surface area contributed by atoms with E-state index in [2.05, 4.69) is 15.5 Å². The monoisotopic (exact) mass is 535 g/mol. The number of furan rings is 1. The van der Waals surface area contributed by atoms with Crippen LogP contribution in [0.15, 0.2) is 59.0 Å². The number of nitrogens with one attached hydrogen (secondary N) is 2. The zero-order chi connectivity index (χ0) is 24.1. The van der Waals surface area contributed by atoms with Crippen LogP contribution in [-0.4, -0.2) is 37.3 Å². The first kappa shape index (κ1) is 24.6. The Hall–Kier alpha value is -2.55. The van der Waals surface area contributed by atoms with Crippen molar-refractivity contribution in [2.75, 3.05) is 36.5 Å². The number of anilines is 2. The zero-order valence-electron chi connectivity index (χ0n) is 17.8. The average molecular weight is 537 g/mol. The Bertz CT molecular complexity index is 1240. The molecule has 34 heavy (non-hydrogen) atoms. The largest absolute Gasteiger partial charge is 0.457 e. The van der Waals surface area contributed by atoms with Gasteiger partial charge in [0.15, 0.2) is 5.11 Å². The van der Waals surface area contributed by atoms with Crippen molar-refractivity contribution in [2.24, 2.45) is 0 Å². The van der Waals surface area contributed by atoms with Gasteiger partial charge in [-0.1, -0.05) is 34.8 Å². The molecule has 1 saturated heterocycles. The molecule has 0 unspecified atom stereocenters. The van der Waals surface area contributed by atoms with Crippen LogP contribution in [0.2, 0.25) is 15.1 Å². The van der Waals surface area contributed by atoms with Gasteiger partial charge in [0.05, 0.1) is 28.9 Å². The SMILES string of the molecule is O=C(/C=C/c1ccc(-c2ccc(Cl)cc2Cl)o1)NC(=S)Nc1ccc(N2CCOCC2)c(Cl)c1. The van der Waals surface area contributed by atoms with Crippen molar-refractivity contribution in [3.63, 3.8) is 0 Å². The maximum atomic E-state index is 12.3. The fourth-order valence-corrected chi connectivity index (χ4v) is 4.42. The van der Waals surface area contributed by atoms with Crippen molar-refractivity contribution in [3.8, 4) is 11.3 Å². The van der Waals surface area contributed by atoms with Gasteiger partial charge in [0.1, 0.15) is 11.5 Å². The fourth-order valence-electron chi connectivity index (χ4n) is 3.40. The van der Waals surface area contributed by atoms with E-state index < -0.39 is 5.91 Å². The summed E-state index contributed by atoms with van der Waals surface area (Å²) in [6, 6.07) is 14.2. The van der Waals surface area contributed by atoms with Gasteiger partial charge in [0.25, 0.3) is 0 Å². The lowest BCUT2D eigenvalue weighted by molar-refractivity contribution is -0.115. The molecule has 1 amide bonds. The molecule has 0 spiro atoms. The number of amides is 1. The molecular formula is C24H20Cl3N3O3S. The number of thiocarbonyl (C=S) groups is 1. The number of rotatable bonds is 5. The van der Waals surface area contributed by atoms with Crippen LogP contribution in [0.3, 0.4) is 0 Å². The van der Waals surface area contributed by atoms with Crippen LogP contribution in [0.4, 0.5) is 11.4 Å². The van der Waals surface area contributed by atoms with E-state index in [1.807, 2.05) is 12.1 Å². The molecule has 6 nitrogen and oxygen atoms in total. The molecule has 176 valence electrons. The van der Waals surface area contributed by atoms with Gasteiger partial charge in [-0.3, -0.25) is 10.1 Å². The number of ether oxygens (including phenoxy) is 1. The maximum Gasteiger partial charge on any atom is 0.250 e. The average Bonchev–Trinajstić information content (AvgIpc) is 3.27. The number of morpholine rings is 1. The molecule has 0 radical (unpaired) electrons. The molecule has 0 atom stereocenters. The third-order valence-corrected chi connectivity index (χ3v) is 6.07. The maximum absolute atomic E-state index is 12.3. The Morgan fingerprint density at radius 1 is 1.00 bits per heavy atom. The second-order valence-corrected chi connectivity index (χ2v) is 9.03. The van der Waals surface area contributed by atoms with Crippen LogP contribution in [0.5, 0.6) is 0 Å². The van der Waals surface area contributed by atoms with E-state index in [0.717, 1.165) is 18.8 Å². The van der Waals surface area contributed by atoms with E-state index in [1.54, 1.807) is 42.5 Å². The Morgan fingerprint density at radius 3 is 2.53 bits per heavy atom. The summed E-state index contributed by atoms with van der Waals surface area (Å²) in [7, 11) is 0. The highest BCUT2D eigenvalue weighted by Crippen LogP contribution is 2.32. The Balaban J connectivity index is 1.32. The first-order valence-electron chi connectivity index (χ1n) is 10.4. The number of hydrogen-bond acceptors (Lipinski definition) is 5. The zero-order valence-corrected chi connectivity index (χ0v) is 20.9. The van der Waals surface area contributed by atoms with Gasteiger partial charge >= 0.3 is 0 Å². The van der Waals surface area contributed by atoms with Crippen LogP contribution < -0.4 is 15.5 Å². The Labute approximate surface area is 217 Å². The lowest BCUT2D eigenvalue weighted by Crippen LogP contribution is -2.36. The summed E-state index contributed by atoms with van der Waals surface area (Å²) >= 11 is 23.8. The van der Waals surface area contributed by atoms with E-state index in [0.29, 0.717) is 51.1 Å². The second kappa shape index (κ2) is 11.3. The molecule has 4 rings (SSSR count). The molecule has 0 aliphatic carbocycles. The number of carbonyl (C=O) groups is 1. The predicted octanol–water partition coefficient (Wildman–Crippen LogP) is 6.27. The van der Waals surface area contributed by atoms with E-state index in [1.165, 1.54) is 6.08 Å². The Morgan fingerprint density at radius 2 is 1.79 bits per heavy atom. The first-order valence-corrected chi connectivity index (χ1v) is 11.9. The van der Waals surface area contributed by atoms with Gasteiger partial charge in [0.2, 0.25) is 5.91 Å². The summed E-state index contributed by atoms with van der Waals surface area (Å²) < 4.78 is 11.1. The minimum atomic E-state index is -0.406. The van der Waals surface area contributed by atoms with Crippen LogP contribution in [0, 0.1) is 0 Å². The minimum Gasteiger partial charge on any atom is -0.457 e. The molecule has 2 N–H and O–H groups in total. The smallest absolute Gasteiger partial charge is 0.250 e. The van der Waals surface area contributed by atoms with Crippen molar-refractivity contribution in [1.82, 2.24) is 5.32 Å². The van der Waals surface area contributed by atoms with Crippen molar-refractivity contribution in [2.45, 2.75) is 0 Å². The molecule has 0 bridgehead atoms. The highest BCUT2D eigenvalue weighted by molar-refractivity contribution is 7.80. The van der Waals surface area contributed by atoms with Crippen LogP contribution in [0.1, 0.15) is 5.76 Å². The number of nitrogens with zero attached hydrogens (tertiary/aromatic N) is 1. The van der Waals surface area contributed by atoms with Crippen molar-refractivity contribution in [3.05, 3.63) is 75.4 Å². The molecule has 1 aliphatic rings. The molecule has 2 heterocycles. The summed E-state index contributed by atoms with van der Waals surface area (Å²) in [5.74, 6) is 0.646. The second-order valence-electron chi connectivity index (χ2n) is 7.37. The van der Waals surface area contributed by atoms with Gasteiger partial charge in [-0.25, -0.2) is 0 Å². The topological polar surface area (TPSA) is 66.7 Å². The first-order chi connectivity index (χ1) is 16.4. The number of benzene rings is 2. The van der Waals surface area contributed by atoms with E-state index in [4.69, 9.17) is 56.2 Å². The standard InChI is InChI=1S/C24H20Cl3N3O3S/c25-15-1-5-18(19(26)13-15)22-7-3-17(33-22)4-8-23(31)29-24(34)28-16-2-6-21(20(27)14-16)30-9-11-32-12-10-30/h1-8,13-14H,9-12H2,(H2,28,29,31,34)/b8-4+. The summed E-state index contributed by atoms with van der Waals surface area (Å²) in [6.07, 6.45) is 2.87. The third-order valence-electron chi connectivity index (χ3n) is 5.02. The molecular weight excluding hydrogens is 517 g/mol. The van der Waals surface area contributed by atoms with Crippen molar-refractivity contribution < 1.29 is 13.9 Å². The highest BCUT2D eigenvalue weighted by atomic mass is 35.5. The molecule has 0 saturated carbocycles. The third kappa shape index (κ3) is 6.31. The predicted molar refractivity (Wildman–Crippen MR) is 142 cm³/mol. The van der Waals surface area contributed by atoms with Crippen molar-refractivity contribution >= 4 is 75.5 Å². The normalized spacial score (nSPS) is 13.8. The van der Waals surface area contributed by atoms with Gasteiger partial charge in [-0.2, -0.15) is 0 Å². The van der Waals surface area contributed by atoms with Gasteiger partial charge in [-0.05, 0) is 66.8 Å². The van der Waals surface area contributed by atoms with Crippen LogP contribution in [0.25, 0.3) is 17.4 Å². The van der Waals surface area contributed by atoms with E-state index >= 15 is 0 Å². The number of hydrogen-bond donors (Lipinski definition) is 2. The molecule has 10 heteroatoms. The molecule has 1 fully saturated rings. The Kier molecular flexibility index (Phi) is 8.13. The highest BCUT2D eigenvalue weighted by Gasteiger charge is 2.15. The quantitative estimate of drug-likeness (QED) is 0.296. The molecule has 2 aromatic carbocycles. The lowest BCUT2D eigenvalue weighted by Gasteiger charge is -2.29. The lowest BCUT2D eigenvalue weighted by atomic mass is 10.2. The summed E-state index contributed by atoms with van der Waals surface area (Å²) in [5, 5.41) is 7.32.